The van der Waals surface area contributed by atoms with Crippen molar-refractivity contribution in [3.8, 4) is 0 Å². The van der Waals surface area contributed by atoms with Crippen molar-refractivity contribution in [3.63, 3.8) is 0 Å². The molecule has 0 fully saturated rings. The van der Waals surface area contributed by atoms with E-state index in [1.807, 2.05) is 13.1 Å². The molecule has 0 aliphatic heterocycles. The van der Waals surface area contributed by atoms with Crippen molar-refractivity contribution in [1.82, 2.24) is 15.1 Å². The van der Waals surface area contributed by atoms with Crippen LogP contribution in [-0.4, -0.2) is 32.6 Å². The standard InChI is InChI=1S/C14H21N3O4/c1-5-17-9-8-10(16-17)6-7-11(12(18)19)15-13(20)21-14(2,3)4/h7-9H,5-6H2,1-4H3,(H,15,20)(H,18,19). The number of amides is 1. The zero-order valence-corrected chi connectivity index (χ0v) is 12.7. The number of aryl methyl sites for hydroxylation is 1. The van der Waals surface area contributed by atoms with E-state index in [4.69, 9.17) is 9.84 Å². The van der Waals surface area contributed by atoms with E-state index in [0.29, 0.717) is 6.42 Å². The summed E-state index contributed by atoms with van der Waals surface area (Å²) in [6.45, 7) is 7.81. The number of alkyl carbamates (subject to hydrolysis) is 1. The number of allylic oxidation sites excluding steroid dienone is 1. The summed E-state index contributed by atoms with van der Waals surface area (Å²) < 4.78 is 6.76. The number of nitrogens with zero attached hydrogens (tertiary/aromatic N) is 2. The number of carbonyl (C=O) groups excluding carboxylic acids is 1. The van der Waals surface area contributed by atoms with Gasteiger partial charge in [-0.1, -0.05) is 0 Å². The van der Waals surface area contributed by atoms with E-state index in [1.165, 1.54) is 6.08 Å². The lowest BCUT2D eigenvalue weighted by atomic mass is 10.2. The maximum Gasteiger partial charge on any atom is 0.412 e. The highest BCUT2D eigenvalue weighted by atomic mass is 16.6. The van der Waals surface area contributed by atoms with Crippen LogP contribution < -0.4 is 5.32 Å². The fourth-order valence-corrected chi connectivity index (χ4v) is 1.50. The van der Waals surface area contributed by atoms with Crippen LogP contribution in [0.3, 0.4) is 0 Å². The fraction of sp³-hybridized carbons (Fsp3) is 0.500. The van der Waals surface area contributed by atoms with Crippen LogP contribution in [0.5, 0.6) is 0 Å². The fourth-order valence-electron chi connectivity index (χ4n) is 1.50. The predicted molar refractivity (Wildman–Crippen MR) is 76.7 cm³/mol. The first-order valence-corrected chi connectivity index (χ1v) is 6.67. The minimum Gasteiger partial charge on any atom is -0.477 e. The lowest BCUT2D eigenvalue weighted by molar-refractivity contribution is -0.133. The highest BCUT2D eigenvalue weighted by Gasteiger charge is 2.19. The van der Waals surface area contributed by atoms with Gasteiger partial charge in [0.05, 0.1) is 5.69 Å². The maximum absolute atomic E-state index is 11.6. The summed E-state index contributed by atoms with van der Waals surface area (Å²) in [6, 6.07) is 1.80. The normalized spacial score (nSPS) is 12.1. The quantitative estimate of drug-likeness (QED) is 0.810. The van der Waals surface area contributed by atoms with Crippen LogP contribution in [0.25, 0.3) is 0 Å². The Kier molecular flexibility index (Phi) is 5.52. The third kappa shape index (κ3) is 6.11. The highest BCUT2D eigenvalue weighted by molar-refractivity contribution is 5.90. The second kappa shape index (κ2) is 6.92. The number of ether oxygens (including phenoxy) is 1. The number of aromatic nitrogens is 2. The smallest absolute Gasteiger partial charge is 0.412 e. The van der Waals surface area contributed by atoms with Crippen LogP contribution in [0.15, 0.2) is 24.0 Å². The number of hydrogen-bond donors (Lipinski definition) is 2. The van der Waals surface area contributed by atoms with E-state index in [2.05, 4.69) is 10.4 Å². The SMILES string of the molecule is CCn1ccc(CC=C(NC(=O)OC(C)(C)C)C(=O)O)n1. The lowest BCUT2D eigenvalue weighted by Gasteiger charge is -2.19. The Morgan fingerprint density at radius 2 is 2.14 bits per heavy atom. The summed E-state index contributed by atoms with van der Waals surface area (Å²) in [7, 11) is 0. The number of nitrogens with one attached hydrogen (secondary N) is 1. The van der Waals surface area contributed by atoms with Crippen LogP contribution in [0, 0.1) is 0 Å². The third-order valence-electron chi connectivity index (χ3n) is 2.40. The Morgan fingerprint density at radius 1 is 1.48 bits per heavy atom. The molecule has 0 unspecified atom stereocenters. The molecule has 1 rings (SSSR count). The van der Waals surface area contributed by atoms with E-state index in [9.17, 15) is 9.59 Å². The van der Waals surface area contributed by atoms with E-state index in [0.717, 1.165) is 12.2 Å². The van der Waals surface area contributed by atoms with Gasteiger partial charge in [0.25, 0.3) is 0 Å². The molecular formula is C14H21N3O4. The average Bonchev–Trinajstić information content (AvgIpc) is 2.79. The summed E-state index contributed by atoms with van der Waals surface area (Å²) in [5.41, 5.74) is -0.190. The molecule has 0 aliphatic rings. The van der Waals surface area contributed by atoms with Gasteiger partial charge < -0.3 is 9.84 Å². The zero-order valence-electron chi connectivity index (χ0n) is 12.7. The topological polar surface area (TPSA) is 93.5 Å². The average molecular weight is 295 g/mol. The number of carboxylic acids is 1. The Morgan fingerprint density at radius 3 is 2.62 bits per heavy atom. The molecule has 0 bridgehead atoms. The number of rotatable bonds is 5. The van der Waals surface area contributed by atoms with Crippen LogP contribution in [0.4, 0.5) is 4.79 Å². The predicted octanol–water partition coefficient (Wildman–Crippen LogP) is 1.94. The molecule has 0 saturated heterocycles. The van der Waals surface area contributed by atoms with Crippen molar-refractivity contribution < 1.29 is 19.4 Å². The van der Waals surface area contributed by atoms with Gasteiger partial charge in [-0.15, -0.1) is 0 Å². The summed E-state index contributed by atoms with van der Waals surface area (Å²) in [5, 5.41) is 15.5. The van der Waals surface area contributed by atoms with E-state index < -0.39 is 17.7 Å². The molecule has 0 atom stereocenters. The minimum absolute atomic E-state index is 0.227. The van der Waals surface area contributed by atoms with Gasteiger partial charge in [-0.25, -0.2) is 9.59 Å². The largest absolute Gasteiger partial charge is 0.477 e. The van der Waals surface area contributed by atoms with Gasteiger partial charge in [-0.05, 0) is 39.8 Å². The van der Waals surface area contributed by atoms with Crippen molar-refractivity contribution in [2.75, 3.05) is 0 Å². The Hall–Kier alpha value is -2.31. The third-order valence-corrected chi connectivity index (χ3v) is 2.40. The number of hydrogen-bond acceptors (Lipinski definition) is 4. The van der Waals surface area contributed by atoms with Crippen LogP contribution in [0.2, 0.25) is 0 Å². The Balaban J connectivity index is 2.70. The number of carbonyl (C=O) groups is 2. The molecule has 1 heterocycles. The lowest BCUT2D eigenvalue weighted by Crippen LogP contribution is -2.34. The summed E-state index contributed by atoms with van der Waals surface area (Å²) in [4.78, 5) is 22.7. The van der Waals surface area contributed by atoms with Crippen LogP contribution >= 0.6 is 0 Å². The van der Waals surface area contributed by atoms with Gasteiger partial charge in [0, 0.05) is 19.2 Å². The summed E-state index contributed by atoms with van der Waals surface area (Å²) >= 11 is 0. The molecule has 7 nitrogen and oxygen atoms in total. The van der Waals surface area contributed by atoms with Crippen LogP contribution in [-0.2, 0) is 22.5 Å². The van der Waals surface area contributed by atoms with Crippen molar-refractivity contribution in [3.05, 3.63) is 29.7 Å². The van der Waals surface area contributed by atoms with Gasteiger partial charge in [0.2, 0.25) is 0 Å². The Labute approximate surface area is 123 Å². The van der Waals surface area contributed by atoms with Gasteiger partial charge >= 0.3 is 12.1 Å². The minimum atomic E-state index is -1.23. The molecule has 1 aromatic rings. The first-order valence-electron chi connectivity index (χ1n) is 6.67. The van der Waals surface area contributed by atoms with Gasteiger partial charge in [0.1, 0.15) is 11.3 Å². The van der Waals surface area contributed by atoms with E-state index >= 15 is 0 Å². The monoisotopic (exact) mass is 295 g/mol. The number of carboxylic acid groups (broad SMARTS) is 1. The summed E-state index contributed by atoms with van der Waals surface area (Å²) in [5.74, 6) is -1.23. The Bertz CT molecular complexity index is 541. The molecule has 2 N–H and O–H groups in total. The van der Waals surface area contributed by atoms with E-state index in [-0.39, 0.29) is 5.70 Å². The van der Waals surface area contributed by atoms with E-state index in [1.54, 1.807) is 31.5 Å². The molecule has 1 aromatic heterocycles. The van der Waals surface area contributed by atoms with Crippen molar-refractivity contribution in [2.45, 2.75) is 46.3 Å². The number of aliphatic carboxylic acids is 1. The first-order chi connectivity index (χ1) is 9.71. The molecule has 21 heavy (non-hydrogen) atoms. The molecule has 1 amide bonds. The second-order valence-electron chi connectivity index (χ2n) is 5.42. The molecule has 7 heteroatoms. The molecule has 0 aliphatic carbocycles. The molecular weight excluding hydrogens is 274 g/mol. The molecule has 116 valence electrons. The van der Waals surface area contributed by atoms with Gasteiger partial charge in [-0.3, -0.25) is 10.00 Å². The second-order valence-corrected chi connectivity index (χ2v) is 5.42. The van der Waals surface area contributed by atoms with Gasteiger partial charge in [0.15, 0.2) is 0 Å². The van der Waals surface area contributed by atoms with Crippen molar-refractivity contribution >= 4 is 12.1 Å². The first kappa shape index (κ1) is 16.7. The van der Waals surface area contributed by atoms with Crippen molar-refractivity contribution in [1.29, 1.82) is 0 Å². The maximum atomic E-state index is 11.6. The molecule has 0 spiro atoms. The van der Waals surface area contributed by atoms with Crippen LogP contribution in [0.1, 0.15) is 33.4 Å². The molecule has 0 saturated carbocycles. The molecule has 0 aromatic carbocycles. The molecule has 0 radical (unpaired) electrons. The zero-order chi connectivity index (χ0) is 16.0. The van der Waals surface area contributed by atoms with Crippen molar-refractivity contribution in [2.24, 2.45) is 0 Å². The highest BCUT2D eigenvalue weighted by Crippen LogP contribution is 2.07. The summed E-state index contributed by atoms with van der Waals surface area (Å²) in [6.07, 6.45) is 2.72. The van der Waals surface area contributed by atoms with Gasteiger partial charge in [-0.2, -0.15) is 5.10 Å².